The number of hydrogen-bond acceptors (Lipinski definition) is 6. The fourth-order valence-corrected chi connectivity index (χ4v) is 5.14. The number of alkyl halides is 2. The number of benzene rings is 2. The van der Waals surface area contributed by atoms with E-state index in [-0.39, 0.29) is 44.3 Å². The van der Waals surface area contributed by atoms with Crippen LogP contribution in [0.1, 0.15) is 34.5 Å². The summed E-state index contributed by atoms with van der Waals surface area (Å²) < 4.78 is 33.3. The zero-order chi connectivity index (χ0) is 30.7. The minimum Gasteiger partial charge on any atom is -0.459 e. The Bertz CT molecular complexity index is 1830. The number of nitrogen functional groups attached to an aromatic ring is 1. The number of carbonyl (C=O) groups is 2. The van der Waals surface area contributed by atoms with Gasteiger partial charge in [0.2, 0.25) is 5.91 Å². The molecule has 44 heavy (non-hydrogen) atoms. The van der Waals surface area contributed by atoms with Crippen molar-refractivity contribution in [2.45, 2.75) is 25.3 Å². The molecule has 8 nitrogen and oxygen atoms in total. The minimum atomic E-state index is -2.71. The Kier molecular flexibility index (Phi) is 7.89. The van der Waals surface area contributed by atoms with E-state index in [4.69, 9.17) is 10.2 Å². The van der Waals surface area contributed by atoms with Crippen LogP contribution in [0.4, 0.5) is 14.6 Å². The normalized spacial score (nSPS) is 14.6. The number of nitrogens with zero attached hydrogens (tertiary/aromatic N) is 3. The smallest absolute Gasteiger partial charge is 0.253 e. The van der Waals surface area contributed by atoms with E-state index in [1.54, 1.807) is 48.9 Å². The van der Waals surface area contributed by atoms with Gasteiger partial charge in [-0.15, -0.1) is 0 Å². The molecule has 4 heterocycles. The molecule has 5 aromatic rings. The summed E-state index contributed by atoms with van der Waals surface area (Å²) >= 11 is 0. The first-order valence-corrected chi connectivity index (χ1v) is 14.2. The summed E-state index contributed by atoms with van der Waals surface area (Å²) in [5, 5.41) is 3.68. The molecule has 0 bridgehead atoms. The van der Waals surface area contributed by atoms with Crippen LogP contribution in [0.15, 0.2) is 95.8 Å². The predicted octanol–water partition coefficient (Wildman–Crippen LogP) is 6.34. The van der Waals surface area contributed by atoms with Crippen molar-refractivity contribution in [3.63, 3.8) is 0 Å². The van der Waals surface area contributed by atoms with E-state index < -0.39 is 5.92 Å². The van der Waals surface area contributed by atoms with Gasteiger partial charge in [0.1, 0.15) is 17.2 Å². The third-order valence-corrected chi connectivity index (χ3v) is 7.56. The van der Waals surface area contributed by atoms with Gasteiger partial charge in [-0.3, -0.25) is 14.6 Å². The van der Waals surface area contributed by atoms with Gasteiger partial charge in [-0.1, -0.05) is 18.2 Å². The molecule has 1 aliphatic rings. The molecule has 0 radical (unpaired) electrons. The van der Waals surface area contributed by atoms with Crippen molar-refractivity contribution in [1.29, 1.82) is 0 Å². The van der Waals surface area contributed by atoms with Gasteiger partial charge in [-0.2, -0.15) is 0 Å². The van der Waals surface area contributed by atoms with Gasteiger partial charge in [0, 0.05) is 72.7 Å². The van der Waals surface area contributed by atoms with E-state index in [0.29, 0.717) is 22.7 Å². The molecular weight excluding hydrogens is 564 g/mol. The Morgan fingerprint density at radius 3 is 2.48 bits per heavy atom. The summed E-state index contributed by atoms with van der Waals surface area (Å²) in [5.41, 5.74) is 10.9. The molecule has 3 N–H and O–H groups in total. The topological polar surface area (TPSA) is 114 Å². The standard InChI is InChI=1S/C34H29F2N5O3/c35-34(36)11-14-41(15-12-34)33(43)24-7-5-23(6-8-24)26-16-27-17-28(44-32(27)29(18-26)25-2-1-13-38-20-25)21-40-31(42)10-4-22-3-9-30(37)39-19-22/h1-10,13,16-20H,11-12,14-15,21H2,(H2,37,39)(H,40,42)/b10-4+. The Hall–Kier alpha value is -5.38. The number of rotatable bonds is 7. The van der Waals surface area contributed by atoms with Gasteiger partial charge in [-0.25, -0.2) is 13.8 Å². The average molecular weight is 594 g/mol. The van der Waals surface area contributed by atoms with Crippen LogP contribution in [0.2, 0.25) is 0 Å². The third kappa shape index (κ3) is 6.49. The van der Waals surface area contributed by atoms with Crippen molar-refractivity contribution in [2.24, 2.45) is 0 Å². The molecule has 3 aromatic heterocycles. The number of nitrogens with two attached hydrogens (primary N) is 1. The molecule has 0 unspecified atom stereocenters. The van der Waals surface area contributed by atoms with Crippen molar-refractivity contribution < 1.29 is 22.8 Å². The molecule has 0 saturated carbocycles. The van der Waals surface area contributed by atoms with Gasteiger partial charge in [-0.05, 0) is 71.3 Å². The summed E-state index contributed by atoms with van der Waals surface area (Å²) in [6, 6.07) is 20.2. The molecule has 1 saturated heterocycles. The van der Waals surface area contributed by atoms with E-state index in [9.17, 15) is 18.4 Å². The number of aromatic nitrogens is 2. The maximum absolute atomic E-state index is 13.6. The molecule has 0 spiro atoms. The largest absolute Gasteiger partial charge is 0.459 e. The Morgan fingerprint density at radius 1 is 0.977 bits per heavy atom. The van der Waals surface area contributed by atoms with Crippen molar-refractivity contribution in [3.05, 3.63) is 108 Å². The Balaban J connectivity index is 1.23. The number of carbonyl (C=O) groups excluding carboxylic acids is 2. The maximum atomic E-state index is 13.6. The van der Waals surface area contributed by atoms with Crippen molar-refractivity contribution >= 4 is 34.7 Å². The second-order valence-electron chi connectivity index (χ2n) is 10.7. The number of piperidine rings is 1. The van der Waals surface area contributed by atoms with Crippen LogP contribution in [0.3, 0.4) is 0 Å². The highest BCUT2D eigenvalue weighted by Crippen LogP contribution is 2.36. The second-order valence-corrected chi connectivity index (χ2v) is 10.7. The number of fused-ring (bicyclic) bond motifs is 1. The lowest BCUT2D eigenvalue weighted by atomic mass is 9.96. The van der Waals surface area contributed by atoms with E-state index in [0.717, 1.165) is 33.2 Å². The highest BCUT2D eigenvalue weighted by atomic mass is 19.3. The lowest BCUT2D eigenvalue weighted by Gasteiger charge is -2.31. The SMILES string of the molecule is Nc1ccc(/C=C/C(=O)NCc2cc3cc(-c4ccc(C(=O)N5CCC(F)(F)CC5)cc4)cc(-c4cccnc4)c3o2)cn1. The van der Waals surface area contributed by atoms with Crippen molar-refractivity contribution in [2.75, 3.05) is 18.8 Å². The number of anilines is 1. The fourth-order valence-electron chi connectivity index (χ4n) is 5.14. The molecular formula is C34H29F2N5O3. The molecule has 2 aromatic carbocycles. The Morgan fingerprint density at radius 2 is 1.77 bits per heavy atom. The van der Waals surface area contributed by atoms with Crippen molar-refractivity contribution in [3.8, 4) is 22.3 Å². The van der Waals surface area contributed by atoms with Crippen LogP contribution < -0.4 is 11.1 Å². The van der Waals surface area contributed by atoms with E-state index in [2.05, 4.69) is 15.3 Å². The molecule has 0 atom stereocenters. The van der Waals surface area contributed by atoms with Crippen LogP contribution in [-0.4, -0.2) is 45.7 Å². The number of pyridine rings is 2. The van der Waals surface area contributed by atoms with Gasteiger partial charge in [0.25, 0.3) is 11.8 Å². The number of likely N-dealkylation sites (tertiary alicyclic amines) is 1. The summed E-state index contributed by atoms with van der Waals surface area (Å²) in [5.74, 6) is -2.27. The summed E-state index contributed by atoms with van der Waals surface area (Å²) in [6.45, 7) is 0.260. The van der Waals surface area contributed by atoms with Crippen LogP contribution in [0.5, 0.6) is 0 Å². The van der Waals surface area contributed by atoms with Gasteiger partial charge >= 0.3 is 0 Å². The molecule has 1 fully saturated rings. The predicted molar refractivity (Wildman–Crippen MR) is 164 cm³/mol. The first kappa shape index (κ1) is 28.7. The molecule has 6 rings (SSSR count). The second kappa shape index (κ2) is 12.1. The van der Waals surface area contributed by atoms with E-state index in [1.165, 1.54) is 11.0 Å². The van der Waals surface area contributed by atoms with Crippen molar-refractivity contribution in [1.82, 2.24) is 20.2 Å². The zero-order valence-electron chi connectivity index (χ0n) is 23.7. The van der Waals surface area contributed by atoms with Gasteiger partial charge in [0.15, 0.2) is 0 Å². The number of hydrogen-bond donors (Lipinski definition) is 2. The monoisotopic (exact) mass is 593 g/mol. The van der Waals surface area contributed by atoms with Crippen LogP contribution >= 0.6 is 0 Å². The lowest BCUT2D eigenvalue weighted by molar-refractivity contribution is -0.116. The Labute approximate surface area is 252 Å². The molecule has 1 aliphatic heterocycles. The molecule has 222 valence electrons. The summed E-state index contributed by atoms with van der Waals surface area (Å²) in [6.07, 6.45) is 7.47. The molecule has 2 amide bonds. The van der Waals surface area contributed by atoms with E-state index in [1.807, 2.05) is 42.5 Å². The van der Waals surface area contributed by atoms with Crippen LogP contribution in [-0.2, 0) is 11.3 Å². The highest BCUT2D eigenvalue weighted by molar-refractivity contribution is 5.98. The number of halogens is 2. The summed E-state index contributed by atoms with van der Waals surface area (Å²) in [4.78, 5) is 35.1. The summed E-state index contributed by atoms with van der Waals surface area (Å²) in [7, 11) is 0. The highest BCUT2D eigenvalue weighted by Gasteiger charge is 2.35. The van der Waals surface area contributed by atoms with Crippen LogP contribution in [0, 0.1) is 0 Å². The van der Waals surface area contributed by atoms with Crippen LogP contribution in [0.25, 0.3) is 39.3 Å². The minimum absolute atomic E-state index is 0.0400. The van der Waals surface area contributed by atoms with Gasteiger partial charge in [0.05, 0.1) is 6.54 Å². The zero-order valence-corrected chi connectivity index (χ0v) is 23.7. The quantitative estimate of drug-likeness (QED) is 0.213. The molecule has 10 heteroatoms. The third-order valence-electron chi connectivity index (χ3n) is 7.56. The van der Waals surface area contributed by atoms with Gasteiger partial charge < -0.3 is 20.4 Å². The number of amides is 2. The average Bonchev–Trinajstić information content (AvgIpc) is 3.46. The van der Waals surface area contributed by atoms with E-state index >= 15 is 0 Å². The lowest BCUT2D eigenvalue weighted by Crippen LogP contribution is -2.42. The molecule has 0 aliphatic carbocycles. The first-order valence-electron chi connectivity index (χ1n) is 14.2. The number of nitrogens with one attached hydrogen (secondary N) is 1. The maximum Gasteiger partial charge on any atom is 0.253 e. The fraction of sp³-hybridized carbons (Fsp3) is 0.176. The number of furan rings is 1. The first-order chi connectivity index (χ1) is 21.2.